The Kier molecular flexibility index (Phi) is 1.04. The van der Waals surface area contributed by atoms with Gasteiger partial charge >= 0.3 is 0 Å². The smallest absolute Gasteiger partial charge is 0.0107 e. The summed E-state index contributed by atoms with van der Waals surface area (Å²) in [6.45, 7) is 2.79. The molecule has 0 saturated carbocycles. The number of hydrogen-bond acceptors (Lipinski definition) is 1. The second-order valence-electron chi connectivity index (χ2n) is 2.97. The van der Waals surface area contributed by atoms with Gasteiger partial charge in [-0.3, -0.25) is 0 Å². The van der Waals surface area contributed by atoms with Gasteiger partial charge in [0.2, 0.25) is 0 Å². The molecule has 0 bridgehead atoms. The quantitative estimate of drug-likeness (QED) is 0.454. The van der Waals surface area contributed by atoms with E-state index in [4.69, 9.17) is 0 Å². The van der Waals surface area contributed by atoms with Gasteiger partial charge in [0.15, 0.2) is 0 Å². The molecule has 0 spiro atoms. The molecule has 8 heavy (non-hydrogen) atoms. The number of piperidine rings is 1. The standard InChI is InChI=1S/C7H13N/c1-2-5-8-6-4-7(8)3-1/h7H,1-6H2/t7-/m1/s1. The van der Waals surface area contributed by atoms with Crippen LogP contribution in [0.5, 0.6) is 0 Å². The highest BCUT2D eigenvalue weighted by Crippen LogP contribution is 2.26. The first-order chi connectivity index (χ1) is 3.97. The zero-order valence-corrected chi connectivity index (χ0v) is 5.27. The van der Waals surface area contributed by atoms with Gasteiger partial charge in [-0.2, -0.15) is 0 Å². The topological polar surface area (TPSA) is 3.24 Å². The molecule has 0 radical (unpaired) electrons. The Labute approximate surface area is 50.7 Å². The number of hydrogen-bond donors (Lipinski definition) is 0. The molecule has 0 aliphatic carbocycles. The third-order valence-corrected chi connectivity index (χ3v) is 2.50. The van der Waals surface area contributed by atoms with E-state index in [1.807, 2.05) is 0 Å². The molecule has 0 aromatic carbocycles. The molecule has 2 fully saturated rings. The first-order valence-electron chi connectivity index (χ1n) is 3.71. The third kappa shape index (κ3) is 0.576. The van der Waals surface area contributed by atoms with Crippen LogP contribution in [-0.4, -0.2) is 24.0 Å². The molecule has 0 amide bonds. The Bertz CT molecular complexity index is 78.4. The van der Waals surface area contributed by atoms with Crippen molar-refractivity contribution in [2.75, 3.05) is 13.1 Å². The minimum atomic E-state index is 1.02. The second-order valence-corrected chi connectivity index (χ2v) is 2.97. The summed E-state index contributed by atoms with van der Waals surface area (Å²) in [6, 6.07) is 1.02. The molecule has 0 N–H and O–H groups in total. The fraction of sp³-hybridized carbons (Fsp3) is 1.00. The van der Waals surface area contributed by atoms with Crippen molar-refractivity contribution >= 4 is 0 Å². The van der Waals surface area contributed by atoms with Crippen LogP contribution in [0.2, 0.25) is 0 Å². The number of nitrogens with zero attached hydrogens (tertiary/aromatic N) is 1. The van der Waals surface area contributed by atoms with Gasteiger partial charge in [-0.25, -0.2) is 0 Å². The normalized spacial score (nSPS) is 38.2. The predicted molar refractivity (Wildman–Crippen MR) is 33.8 cm³/mol. The Morgan fingerprint density at radius 3 is 2.38 bits per heavy atom. The minimum Gasteiger partial charge on any atom is -0.300 e. The van der Waals surface area contributed by atoms with E-state index in [9.17, 15) is 0 Å². The molecule has 2 aliphatic rings. The van der Waals surface area contributed by atoms with Crippen molar-refractivity contribution < 1.29 is 0 Å². The van der Waals surface area contributed by atoms with Crippen molar-refractivity contribution in [2.45, 2.75) is 31.7 Å². The lowest BCUT2D eigenvalue weighted by Gasteiger charge is -2.44. The largest absolute Gasteiger partial charge is 0.300 e. The average Bonchev–Trinajstić information content (AvgIpc) is 1.72. The van der Waals surface area contributed by atoms with E-state index in [0.717, 1.165) is 6.04 Å². The SMILES string of the molecule is C1CCN2CC[C@H]2C1. The fourth-order valence-electron chi connectivity index (χ4n) is 1.81. The maximum atomic E-state index is 2.61. The molecule has 46 valence electrons. The summed E-state index contributed by atoms with van der Waals surface area (Å²) in [5, 5.41) is 0. The van der Waals surface area contributed by atoms with Crippen LogP contribution in [-0.2, 0) is 0 Å². The summed E-state index contributed by atoms with van der Waals surface area (Å²) in [7, 11) is 0. The van der Waals surface area contributed by atoms with E-state index in [2.05, 4.69) is 4.90 Å². The van der Waals surface area contributed by atoms with Crippen molar-refractivity contribution in [2.24, 2.45) is 0 Å². The van der Waals surface area contributed by atoms with Gasteiger partial charge in [0, 0.05) is 6.04 Å². The summed E-state index contributed by atoms with van der Waals surface area (Å²) in [4.78, 5) is 2.61. The molecule has 1 heteroatoms. The molecule has 2 rings (SSSR count). The van der Waals surface area contributed by atoms with E-state index >= 15 is 0 Å². The first-order valence-corrected chi connectivity index (χ1v) is 3.71. The predicted octanol–water partition coefficient (Wildman–Crippen LogP) is 1.24. The van der Waals surface area contributed by atoms with Crippen LogP contribution < -0.4 is 0 Å². The molecule has 0 aromatic rings. The van der Waals surface area contributed by atoms with Gasteiger partial charge in [-0.1, -0.05) is 6.42 Å². The molecule has 0 unspecified atom stereocenters. The van der Waals surface area contributed by atoms with E-state index in [-0.39, 0.29) is 0 Å². The van der Waals surface area contributed by atoms with Gasteiger partial charge in [-0.05, 0) is 32.4 Å². The highest BCUT2D eigenvalue weighted by atomic mass is 15.2. The first kappa shape index (κ1) is 4.80. The van der Waals surface area contributed by atoms with Crippen molar-refractivity contribution in [1.82, 2.24) is 4.90 Å². The number of rotatable bonds is 0. The Balaban J connectivity index is 1.92. The average molecular weight is 111 g/mol. The van der Waals surface area contributed by atoms with Gasteiger partial charge < -0.3 is 4.90 Å². The van der Waals surface area contributed by atoms with Crippen molar-refractivity contribution in [3.8, 4) is 0 Å². The molecule has 0 aromatic heterocycles. The molecular weight excluding hydrogens is 98.1 g/mol. The summed E-state index contributed by atoms with van der Waals surface area (Å²) < 4.78 is 0. The van der Waals surface area contributed by atoms with Crippen molar-refractivity contribution in [1.29, 1.82) is 0 Å². The molecule has 2 saturated heterocycles. The Morgan fingerprint density at radius 2 is 2.00 bits per heavy atom. The minimum absolute atomic E-state index is 1.02. The lowest BCUT2D eigenvalue weighted by molar-refractivity contribution is 0.0549. The van der Waals surface area contributed by atoms with E-state index in [0.29, 0.717) is 0 Å². The van der Waals surface area contributed by atoms with Crippen LogP contribution in [0.4, 0.5) is 0 Å². The van der Waals surface area contributed by atoms with Crippen LogP contribution >= 0.6 is 0 Å². The van der Waals surface area contributed by atoms with Crippen molar-refractivity contribution in [3.05, 3.63) is 0 Å². The van der Waals surface area contributed by atoms with Gasteiger partial charge in [-0.15, -0.1) is 0 Å². The van der Waals surface area contributed by atoms with Crippen LogP contribution in [0.25, 0.3) is 0 Å². The molecule has 1 nitrogen and oxygen atoms in total. The zero-order valence-electron chi connectivity index (χ0n) is 5.27. The van der Waals surface area contributed by atoms with E-state index < -0.39 is 0 Å². The third-order valence-electron chi connectivity index (χ3n) is 2.50. The van der Waals surface area contributed by atoms with Gasteiger partial charge in [0.05, 0.1) is 0 Å². The number of fused-ring (bicyclic) bond motifs is 1. The Hall–Kier alpha value is -0.0400. The highest BCUT2D eigenvalue weighted by Gasteiger charge is 2.29. The monoisotopic (exact) mass is 111 g/mol. The fourth-order valence-corrected chi connectivity index (χ4v) is 1.81. The van der Waals surface area contributed by atoms with Crippen LogP contribution in [0.1, 0.15) is 25.7 Å². The van der Waals surface area contributed by atoms with E-state index in [1.165, 1.54) is 38.8 Å². The van der Waals surface area contributed by atoms with Gasteiger partial charge in [0.25, 0.3) is 0 Å². The van der Waals surface area contributed by atoms with Crippen LogP contribution in [0.15, 0.2) is 0 Å². The van der Waals surface area contributed by atoms with Crippen LogP contribution in [0.3, 0.4) is 0 Å². The van der Waals surface area contributed by atoms with Crippen molar-refractivity contribution in [3.63, 3.8) is 0 Å². The summed E-state index contributed by atoms with van der Waals surface area (Å²) >= 11 is 0. The molecular formula is C7H13N. The summed E-state index contributed by atoms with van der Waals surface area (Å²) in [5.74, 6) is 0. The van der Waals surface area contributed by atoms with E-state index in [1.54, 1.807) is 0 Å². The van der Waals surface area contributed by atoms with Crippen LogP contribution in [0, 0.1) is 0 Å². The Morgan fingerprint density at radius 1 is 1.00 bits per heavy atom. The lowest BCUT2D eigenvalue weighted by Crippen LogP contribution is -2.50. The lowest BCUT2D eigenvalue weighted by atomic mass is 9.92. The summed E-state index contributed by atoms with van der Waals surface area (Å²) in [5.41, 5.74) is 0. The highest BCUT2D eigenvalue weighted by molar-refractivity contribution is 4.85. The molecule has 2 heterocycles. The summed E-state index contributed by atoms with van der Waals surface area (Å²) in [6.07, 6.45) is 5.91. The van der Waals surface area contributed by atoms with Gasteiger partial charge in [0.1, 0.15) is 0 Å². The second kappa shape index (κ2) is 1.73. The maximum Gasteiger partial charge on any atom is 0.0107 e. The molecule has 2 aliphatic heterocycles. The maximum absolute atomic E-state index is 2.61. The molecule has 1 atom stereocenters. The zero-order chi connectivity index (χ0) is 5.40.